The molecule has 21 heavy (non-hydrogen) atoms. The summed E-state index contributed by atoms with van der Waals surface area (Å²) in [4.78, 5) is 9.93. The van der Waals surface area contributed by atoms with Crippen LogP contribution in [0.4, 0.5) is 5.69 Å². The number of rotatable bonds is 4. The third-order valence-corrected chi connectivity index (χ3v) is 3.14. The lowest BCUT2D eigenvalue weighted by molar-refractivity contribution is -0.530. The number of nitro groups is 1. The lowest BCUT2D eigenvalue weighted by Crippen LogP contribution is -2.64. The minimum absolute atomic E-state index is 0.115. The summed E-state index contributed by atoms with van der Waals surface area (Å²) in [5.74, 6) is 0.115. The molecule has 2 rings (SSSR count). The highest BCUT2D eigenvalue weighted by Gasteiger charge is 2.41. The first-order chi connectivity index (χ1) is 9.93. The van der Waals surface area contributed by atoms with Crippen LogP contribution >= 0.6 is 0 Å². The Bertz CT molecular complexity index is 493. The van der Waals surface area contributed by atoms with Crippen LogP contribution in [0.25, 0.3) is 0 Å². The fourth-order valence-corrected chi connectivity index (χ4v) is 1.99. The average molecular weight is 300 g/mol. The van der Waals surface area contributed by atoms with E-state index >= 15 is 0 Å². The molecular weight excluding hydrogens is 286 g/mol. The summed E-state index contributed by atoms with van der Waals surface area (Å²) in [7, 11) is 0. The predicted molar refractivity (Wildman–Crippen MR) is 65.3 cm³/mol. The number of benzene rings is 1. The molecule has 1 aromatic rings. The Labute approximate surface area is 119 Å². The molecule has 5 atom stereocenters. The minimum atomic E-state index is -1.81. The Morgan fingerprint density at radius 3 is 2.38 bits per heavy atom. The summed E-state index contributed by atoms with van der Waals surface area (Å²) in [6.45, 7) is -0.610. The van der Waals surface area contributed by atoms with Crippen molar-refractivity contribution in [2.75, 3.05) is 6.61 Å². The van der Waals surface area contributed by atoms with Crippen LogP contribution in [0.3, 0.4) is 0 Å². The van der Waals surface area contributed by atoms with Gasteiger partial charge in [-0.05, 0) is 12.1 Å². The van der Waals surface area contributed by atoms with Gasteiger partial charge in [-0.1, -0.05) is 0 Å². The highest BCUT2D eigenvalue weighted by Crippen LogP contribution is 2.24. The van der Waals surface area contributed by atoms with Crippen LogP contribution in [0.5, 0.6) is 5.75 Å². The van der Waals surface area contributed by atoms with Gasteiger partial charge in [0, 0.05) is 18.4 Å². The number of aliphatic hydroxyl groups excluding tert-OH is 3. The molecule has 0 amide bonds. The standard InChI is InChI=1S/C12H14NO8/c14-5-8-9(15)10(16)11(12(17)21-8)20-7-3-1-6(2-4-7)13(18)19/h1-4,8-12,14-16H,5H2/q-1/t8-,9-,10+,11+,12+/m1/s1. The Morgan fingerprint density at radius 2 is 1.86 bits per heavy atom. The van der Waals surface area contributed by atoms with Crippen molar-refractivity contribution in [1.29, 1.82) is 0 Å². The first-order valence-electron chi connectivity index (χ1n) is 6.13. The van der Waals surface area contributed by atoms with Crippen molar-refractivity contribution < 1.29 is 34.8 Å². The summed E-state index contributed by atoms with van der Waals surface area (Å²) in [6, 6.07) is 4.89. The zero-order valence-electron chi connectivity index (χ0n) is 10.7. The van der Waals surface area contributed by atoms with Gasteiger partial charge in [-0.25, -0.2) is 0 Å². The summed E-state index contributed by atoms with van der Waals surface area (Å²) in [5.41, 5.74) is -0.151. The molecule has 1 saturated heterocycles. The monoisotopic (exact) mass is 300 g/mol. The van der Waals surface area contributed by atoms with Crippen LogP contribution in [0.1, 0.15) is 0 Å². The van der Waals surface area contributed by atoms with Crippen molar-refractivity contribution in [1.82, 2.24) is 0 Å². The molecule has 1 aliphatic rings. The maximum atomic E-state index is 11.7. The number of nitrogens with zero attached hydrogens (tertiary/aromatic N) is 1. The molecule has 9 heteroatoms. The summed E-state index contributed by atoms with van der Waals surface area (Å²) >= 11 is 0. The average Bonchev–Trinajstić information content (AvgIpc) is 2.47. The van der Waals surface area contributed by atoms with Gasteiger partial charge in [0.2, 0.25) is 0 Å². The molecule has 0 aliphatic carbocycles. The summed E-state index contributed by atoms with van der Waals surface area (Å²) in [6.07, 6.45) is -7.41. The maximum absolute atomic E-state index is 11.7. The molecule has 0 radical (unpaired) electrons. The van der Waals surface area contributed by atoms with Gasteiger partial charge in [-0.3, -0.25) is 10.1 Å². The largest absolute Gasteiger partial charge is 0.828 e. The Kier molecular flexibility index (Phi) is 4.70. The van der Waals surface area contributed by atoms with Gasteiger partial charge in [0.25, 0.3) is 5.69 Å². The molecule has 0 unspecified atom stereocenters. The van der Waals surface area contributed by atoms with Crippen LogP contribution < -0.4 is 9.84 Å². The lowest BCUT2D eigenvalue weighted by atomic mass is 9.99. The van der Waals surface area contributed by atoms with E-state index < -0.39 is 42.2 Å². The molecule has 1 aromatic carbocycles. The highest BCUT2D eigenvalue weighted by molar-refractivity contribution is 5.36. The van der Waals surface area contributed by atoms with Gasteiger partial charge in [0.1, 0.15) is 30.2 Å². The van der Waals surface area contributed by atoms with Gasteiger partial charge in [-0.15, -0.1) is 0 Å². The molecule has 9 nitrogen and oxygen atoms in total. The first kappa shape index (κ1) is 15.6. The first-order valence-corrected chi connectivity index (χ1v) is 6.13. The van der Waals surface area contributed by atoms with Gasteiger partial charge in [0.15, 0.2) is 0 Å². The normalized spacial score (nSPS) is 32.7. The molecule has 1 fully saturated rings. The third kappa shape index (κ3) is 3.28. The van der Waals surface area contributed by atoms with E-state index in [4.69, 9.17) is 14.6 Å². The number of hydrogen-bond acceptors (Lipinski definition) is 8. The second-order valence-corrected chi connectivity index (χ2v) is 4.54. The van der Waals surface area contributed by atoms with Gasteiger partial charge in [-0.2, -0.15) is 0 Å². The Balaban J connectivity index is 2.09. The van der Waals surface area contributed by atoms with Crippen molar-refractivity contribution in [2.24, 2.45) is 0 Å². The van der Waals surface area contributed by atoms with Crippen LogP contribution in [-0.4, -0.2) is 57.6 Å². The molecule has 1 aliphatic heterocycles. The van der Waals surface area contributed by atoms with Crippen molar-refractivity contribution in [2.45, 2.75) is 30.7 Å². The zero-order valence-corrected chi connectivity index (χ0v) is 10.7. The van der Waals surface area contributed by atoms with E-state index in [0.29, 0.717) is 0 Å². The van der Waals surface area contributed by atoms with Gasteiger partial charge in [0.05, 0.1) is 11.5 Å². The second kappa shape index (κ2) is 6.33. The van der Waals surface area contributed by atoms with Crippen molar-refractivity contribution in [3.8, 4) is 5.75 Å². The SMILES string of the molecule is O=[N+]([O-])c1ccc(O[C@H]2[C@@H](O)[C@H](O)[C@@H](CO)O[C@@H]2[O-])cc1. The van der Waals surface area contributed by atoms with Crippen LogP contribution in [0, 0.1) is 10.1 Å². The molecule has 0 bridgehead atoms. The van der Waals surface area contributed by atoms with E-state index in [0.717, 1.165) is 0 Å². The van der Waals surface area contributed by atoms with Crippen molar-refractivity contribution in [3.63, 3.8) is 0 Å². The van der Waals surface area contributed by atoms with Crippen LogP contribution in [-0.2, 0) is 4.74 Å². The van der Waals surface area contributed by atoms with Crippen molar-refractivity contribution in [3.05, 3.63) is 34.4 Å². The fourth-order valence-electron chi connectivity index (χ4n) is 1.99. The molecule has 0 spiro atoms. The van der Waals surface area contributed by atoms with E-state index in [9.17, 15) is 25.4 Å². The van der Waals surface area contributed by atoms with Crippen LogP contribution in [0.2, 0.25) is 0 Å². The summed E-state index contributed by atoms with van der Waals surface area (Å²) in [5, 5.41) is 50.7. The highest BCUT2D eigenvalue weighted by atomic mass is 16.7. The van der Waals surface area contributed by atoms with E-state index in [1.165, 1.54) is 24.3 Å². The molecular formula is C12H14NO8-. The lowest BCUT2D eigenvalue weighted by Gasteiger charge is -2.45. The predicted octanol–water partition coefficient (Wildman–Crippen LogP) is -1.86. The topological polar surface area (TPSA) is 145 Å². The Hall–Kier alpha value is -1.78. The fraction of sp³-hybridized carbons (Fsp3) is 0.500. The van der Waals surface area contributed by atoms with E-state index in [2.05, 4.69) is 0 Å². The third-order valence-electron chi connectivity index (χ3n) is 3.14. The number of ether oxygens (including phenoxy) is 2. The number of aliphatic hydroxyl groups is 3. The molecule has 1 heterocycles. The van der Waals surface area contributed by atoms with Crippen molar-refractivity contribution >= 4 is 5.69 Å². The number of nitro benzene ring substituents is 1. The number of non-ortho nitro benzene ring substituents is 1. The number of hydrogen-bond donors (Lipinski definition) is 3. The maximum Gasteiger partial charge on any atom is 0.269 e. The second-order valence-electron chi connectivity index (χ2n) is 4.54. The minimum Gasteiger partial charge on any atom is -0.828 e. The van der Waals surface area contributed by atoms with Crippen LogP contribution in [0.15, 0.2) is 24.3 Å². The Morgan fingerprint density at radius 1 is 1.24 bits per heavy atom. The molecule has 3 N–H and O–H groups in total. The molecule has 0 saturated carbocycles. The van der Waals surface area contributed by atoms with E-state index in [1.54, 1.807) is 0 Å². The van der Waals surface area contributed by atoms with Gasteiger partial charge >= 0.3 is 0 Å². The van der Waals surface area contributed by atoms with E-state index in [-0.39, 0.29) is 11.4 Å². The smallest absolute Gasteiger partial charge is 0.269 e. The quantitative estimate of drug-likeness (QED) is 0.433. The summed E-state index contributed by atoms with van der Waals surface area (Å²) < 4.78 is 10.0. The van der Waals surface area contributed by atoms with Gasteiger partial charge < -0.3 is 29.9 Å². The molecule has 116 valence electrons. The zero-order chi connectivity index (χ0) is 15.6. The van der Waals surface area contributed by atoms with E-state index in [1.807, 2.05) is 0 Å². The molecule has 0 aromatic heterocycles.